The fourth-order valence-corrected chi connectivity index (χ4v) is 2.63. The van der Waals surface area contributed by atoms with Crippen molar-refractivity contribution in [3.8, 4) is 0 Å². The summed E-state index contributed by atoms with van der Waals surface area (Å²) in [4.78, 5) is 0. The number of hydrogen-bond donors (Lipinski definition) is 1. The van der Waals surface area contributed by atoms with Crippen LogP contribution in [0.3, 0.4) is 0 Å². The lowest BCUT2D eigenvalue weighted by Gasteiger charge is -2.23. The zero-order chi connectivity index (χ0) is 13.1. The molecule has 1 aromatic carbocycles. The lowest BCUT2D eigenvalue weighted by molar-refractivity contribution is 0.617. The maximum atomic E-state index is 12.0. The topological polar surface area (TPSA) is 29.1 Å². The van der Waals surface area contributed by atoms with E-state index in [0.717, 1.165) is 10.0 Å². The minimum Gasteiger partial charge on any atom is -0.242 e. The number of halogens is 2. The number of nitrogens with one attached hydrogen (secondary N) is 1. The third-order valence-corrected chi connectivity index (χ3v) is 4.68. The van der Waals surface area contributed by atoms with Crippen LogP contribution < -0.4 is 4.72 Å². The Bertz CT molecular complexity index is 388. The Kier molecular flexibility index (Phi) is 5.64. The second kappa shape index (κ2) is 6.32. The van der Waals surface area contributed by atoms with Crippen LogP contribution in [0.4, 0.5) is 0 Å². The van der Waals surface area contributed by atoms with Gasteiger partial charge in [0.05, 0.1) is 21.8 Å². The summed E-state index contributed by atoms with van der Waals surface area (Å²) in [5, 5.41) is 0. The first kappa shape index (κ1) is 15.2. The number of benzene rings is 1. The average molecular weight is 339 g/mol. The van der Waals surface area contributed by atoms with Gasteiger partial charge in [-0.2, -0.15) is 0 Å². The number of hydrogen-bond acceptors (Lipinski definition) is 1. The van der Waals surface area contributed by atoms with Crippen LogP contribution in [-0.4, -0.2) is 14.8 Å². The maximum Gasteiger partial charge on any atom is 0.0976 e. The molecule has 0 heterocycles. The van der Waals surface area contributed by atoms with Crippen molar-refractivity contribution < 1.29 is 4.21 Å². The van der Waals surface area contributed by atoms with Crippen molar-refractivity contribution >= 4 is 38.5 Å². The van der Waals surface area contributed by atoms with Crippen molar-refractivity contribution in [2.45, 2.75) is 31.6 Å². The van der Waals surface area contributed by atoms with Crippen LogP contribution in [0.2, 0.25) is 0 Å². The van der Waals surface area contributed by atoms with E-state index in [4.69, 9.17) is 11.6 Å². The number of rotatable bonds is 4. The molecule has 0 aliphatic rings. The Morgan fingerprint density at radius 2 is 1.88 bits per heavy atom. The molecule has 0 aromatic heterocycles. The molecule has 0 aliphatic heterocycles. The summed E-state index contributed by atoms with van der Waals surface area (Å²) < 4.78 is 15.8. The molecule has 1 aromatic rings. The predicted octanol–water partition coefficient (Wildman–Crippen LogP) is 3.78. The summed E-state index contributed by atoms with van der Waals surface area (Å²) in [5.41, 5.74) is 1.04. The fraction of sp³-hybridized carbons (Fsp3) is 0.500. The van der Waals surface area contributed by atoms with Crippen molar-refractivity contribution in [3.63, 3.8) is 0 Å². The molecule has 0 fully saturated rings. The van der Waals surface area contributed by atoms with E-state index in [0.29, 0.717) is 5.88 Å². The smallest absolute Gasteiger partial charge is 0.0976 e. The average Bonchev–Trinajstić information content (AvgIpc) is 2.25. The van der Waals surface area contributed by atoms with Gasteiger partial charge in [0.2, 0.25) is 0 Å². The summed E-state index contributed by atoms with van der Waals surface area (Å²) in [6.45, 7) is 5.80. The van der Waals surface area contributed by atoms with Crippen molar-refractivity contribution in [2.75, 3.05) is 5.88 Å². The van der Waals surface area contributed by atoms with E-state index in [1.165, 1.54) is 0 Å². The summed E-state index contributed by atoms with van der Waals surface area (Å²) in [6.07, 6.45) is 0. The maximum absolute atomic E-state index is 12.0. The zero-order valence-corrected chi connectivity index (χ0v) is 13.3. The molecule has 1 rings (SSSR count). The highest BCUT2D eigenvalue weighted by Crippen LogP contribution is 2.20. The first-order valence-electron chi connectivity index (χ1n) is 5.34. The van der Waals surface area contributed by atoms with Crippen molar-refractivity contribution in [3.05, 3.63) is 34.3 Å². The fourth-order valence-electron chi connectivity index (χ4n) is 1.19. The van der Waals surface area contributed by atoms with Gasteiger partial charge in [0, 0.05) is 10.4 Å². The molecule has 0 bridgehead atoms. The molecule has 0 saturated carbocycles. The first-order valence-corrected chi connectivity index (χ1v) is 7.82. The molecule has 1 N–H and O–H groups in total. The molecule has 17 heavy (non-hydrogen) atoms. The third kappa shape index (κ3) is 4.70. The van der Waals surface area contributed by atoms with Gasteiger partial charge in [-0.3, -0.25) is 0 Å². The summed E-state index contributed by atoms with van der Waals surface area (Å²) in [5.74, 6) is 0.392. The number of alkyl halides is 1. The van der Waals surface area contributed by atoms with Gasteiger partial charge in [-0.05, 0) is 38.5 Å². The minimum absolute atomic E-state index is 0.0928. The Morgan fingerprint density at radius 1 is 1.35 bits per heavy atom. The quantitative estimate of drug-likeness (QED) is 0.832. The second-order valence-corrected chi connectivity index (χ2v) is 7.98. The predicted molar refractivity (Wildman–Crippen MR) is 78.6 cm³/mol. The van der Waals surface area contributed by atoms with Crippen LogP contribution in [0, 0.1) is 0 Å². The lowest BCUT2D eigenvalue weighted by Crippen LogP contribution is -2.36. The summed E-state index contributed by atoms with van der Waals surface area (Å²) in [7, 11) is -1.12. The van der Waals surface area contributed by atoms with Gasteiger partial charge in [-0.25, -0.2) is 8.93 Å². The third-order valence-electron chi connectivity index (χ3n) is 2.23. The van der Waals surface area contributed by atoms with Crippen LogP contribution >= 0.6 is 27.5 Å². The minimum atomic E-state index is -1.12. The molecule has 96 valence electrons. The van der Waals surface area contributed by atoms with Crippen molar-refractivity contribution in [1.29, 1.82) is 0 Å². The monoisotopic (exact) mass is 337 g/mol. The van der Waals surface area contributed by atoms with E-state index in [2.05, 4.69) is 20.7 Å². The highest BCUT2D eigenvalue weighted by atomic mass is 79.9. The first-order chi connectivity index (χ1) is 7.84. The Balaban J connectivity index is 2.79. The van der Waals surface area contributed by atoms with E-state index in [1.807, 2.05) is 45.0 Å². The molecule has 2 atom stereocenters. The Morgan fingerprint density at radius 3 is 2.29 bits per heavy atom. The summed E-state index contributed by atoms with van der Waals surface area (Å²) >= 11 is 9.31. The molecule has 0 saturated heterocycles. The van der Waals surface area contributed by atoms with Crippen LogP contribution in [0.15, 0.2) is 28.7 Å². The largest absolute Gasteiger partial charge is 0.242 e. The standard InChI is InChI=1S/C12H17BrClNOS/c1-12(2,3)17(16)15-11(8-14)9-4-6-10(13)7-5-9/h4-7,11,15H,8H2,1-3H3/t11-,17-/m1/s1. The van der Waals surface area contributed by atoms with Crippen LogP contribution in [-0.2, 0) is 11.0 Å². The highest BCUT2D eigenvalue weighted by molar-refractivity contribution is 9.10. The van der Waals surface area contributed by atoms with Gasteiger partial charge < -0.3 is 0 Å². The molecule has 0 unspecified atom stereocenters. The van der Waals surface area contributed by atoms with Crippen molar-refractivity contribution in [2.24, 2.45) is 0 Å². The second-order valence-electron chi connectivity index (χ2n) is 4.76. The lowest BCUT2D eigenvalue weighted by atomic mass is 10.1. The van der Waals surface area contributed by atoms with E-state index in [1.54, 1.807) is 0 Å². The van der Waals surface area contributed by atoms with Crippen LogP contribution in [0.25, 0.3) is 0 Å². The Hall–Kier alpha value is 0.1000. The molecule has 0 aliphatic carbocycles. The molecular formula is C12H17BrClNOS. The molecule has 0 spiro atoms. The normalized spacial score (nSPS) is 15.6. The van der Waals surface area contributed by atoms with Gasteiger partial charge in [0.1, 0.15) is 0 Å². The van der Waals surface area contributed by atoms with Crippen molar-refractivity contribution in [1.82, 2.24) is 4.72 Å². The zero-order valence-electron chi connectivity index (χ0n) is 10.2. The summed E-state index contributed by atoms with van der Waals surface area (Å²) in [6, 6.07) is 7.77. The van der Waals surface area contributed by atoms with Gasteiger partial charge in [-0.1, -0.05) is 28.1 Å². The molecule has 5 heteroatoms. The van der Waals surface area contributed by atoms with E-state index < -0.39 is 11.0 Å². The Labute approximate surface area is 119 Å². The molecule has 0 amide bonds. The van der Waals surface area contributed by atoms with Crippen LogP contribution in [0.1, 0.15) is 32.4 Å². The van der Waals surface area contributed by atoms with E-state index in [-0.39, 0.29) is 10.8 Å². The SMILES string of the molecule is CC(C)(C)[S@@](=O)N[C@H](CCl)c1ccc(Br)cc1. The molecule has 2 nitrogen and oxygen atoms in total. The highest BCUT2D eigenvalue weighted by Gasteiger charge is 2.23. The van der Waals surface area contributed by atoms with E-state index in [9.17, 15) is 4.21 Å². The molecular weight excluding hydrogens is 322 g/mol. The van der Waals surface area contributed by atoms with Crippen LogP contribution in [0.5, 0.6) is 0 Å². The van der Waals surface area contributed by atoms with Gasteiger partial charge in [-0.15, -0.1) is 11.6 Å². The van der Waals surface area contributed by atoms with Gasteiger partial charge in [0.15, 0.2) is 0 Å². The van der Waals surface area contributed by atoms with E-state index >= 15 is 0 Å². The van der Waals surface area contributed by atoms with Gasteiger partial charge >= 0.3 is 0 Å². The van der Waals surface area contributed by atoms with Gasteiger partial charge in [0.25, 0.3) is 0 Å². The molecule has 0 radical (unpaired) electrons.